The molecule has 2 heterocycles. The number of nitrogens with two attached hydrogens (primary N) is 1. The number of aromatic nitrogens is 1. The molecule has 4 rings (SSSR count). The normalized spacial score (nSPS) is 24.7. The maximum Gasteiger partial charge on any atom is 0.255 e. The predicted octanol–water partition coefficient (Wildman–Crippen LogP) is 3.29. The molecule has 2 aromatic rings. The van der Waals surface area contributed by atoms with Gasteiger partial charge in [0.25, 0.3) is 5.91 Å². The highest BCUT2D eigenvalue weighted by Gasteiger charge is 2.42. The number of benzene rings is 1. The van der Waals surface area contributed by atoms with Crippen LogP contribution >= 0.6 is 12.4 Å². The van der Waals surface area contributed by atoms with Crippen molar-refractivity contribution in [1.82, 2.24) is 9.88 Å². The number of fused-ring (bicyclic) bond motifs is 1. The van der Waals surface area contributed by atoms with Gasteiger partial charge in [-0.3, -0.25) is 9.78 Å². The first-order chi connectivity index (χ1) is 11.6. The fourth-order valence-corrected chi connectivity index (χ4v) is 4.20. The third-order valence-electron chi connectivity index (χ3n) is 5.59. The van der Waals surface area contributed by atoms with Crippen molar-refractivity contribution in [1.29, 1.82) is 0 Å². The second-order valence-electron chi connectivity index (χ2n) is 7.07. The predicted molar refractivity (Wildman–Crippen MR) is 102 cm³/mol. The van der Waals surface area contributed by atoms with E-state index in [0.717, 1.165) is 42.9 Å². The van der Waals surface area contributed by atoms with Gasteiger partial charge in [-0.05, 0) is 43.7 Å². The molecule has 0 spiro atoms. The quantitative estimate of drug-likeness (QED) is 0.897. The molecule has 1 aliphatic heterocycles. The molecule has 1 amide bonds. The smallest absolute Gasteiger partial charge is 0.255 e. The molecule has 2 fully saturated rings. The highest BCUT2D eigenvalue weighted by Crippen LogP contribution is 2.37. The topological polar surface area (TPSA) is 59.2 Å². The van der Waals surface area contributed by atoms with Crippen LogP contribution in [0.4, 0.5) is 0 Å². The number of carbonyl (C=O) groups excluding carboxylic acids is 1. The highest BCUT2D eigenvalue weighted by molar-refractivity contribution is 5.95. The van der Waals surface area contributed by atoms with Crippen molar-refractivity contribution in [3.05, 3.63) is 53.7 Å². The first-order valence-corrected chi connectivity index (χ1v) is 8.71. The van der Waals surface area contributed by atoms with Crippen LogP contribution in [0.5, 0.6) is 0 Å². The van der Waals surface area contributed by atoms with Crippen molar-refractivity contribution in [2.45, 2.75) is 25.8 Å². The average molecular weight is 358 g/mol. The summed E-state index contributed by atoms with van der Waals surface area (Å²) in [6.07, 6.45) is 2.25. The van der Waals surface area contributed by atoms with E-state index in [1.165, 1.54) is 0 Å². The Morgan fingerprint density at radius 2 is 1.88 bits per heavy atom. The van der Waals surface area contributed by atoms with Gasteiger partial charge in [0.2, 0.25) is 0 Å². The lowest BCUT2D eigenvalue weighted by Gasteiger charge is -2.19. The van der Waals surface area contributed by atoms with E-state index in [-0.39, 0.29) is 24.4 Å². The zero-order valence-electron chi connectivity index (χ0n) is 14.4. The molecular formula is C20H24ClN3O. The third-order valence-corrected chi connectivity index (χ3v) is 5.59. The van der Waals surface area contributed by atoms with Gasteiger partial charge in [0, 0.05) is 24.7 Å². The number of rotatable bonds is 2. The van der Waals surface area contributed by atoms with Crippen molar-refractivity contribution < 1.29 is 4.79 Å². The van der Waals surface area contributed by atoms with E-state index in [9.17, 15) is 4.79 Å². The van der Waals surface area contributed by atoms with Gasteiger partial charge < -0.3 is 10.6 Å². The molecule has 0 bridgehead atoms. The van der Waals surface area contributed by atoms with Gasteiger partial charge in [0.05, 0.1) is 17.0 Å². The van der Waals surface area contributed by atoms with Crippen molar-refractivity contribution in [2.75, 3.05) is 13.1 Å². The van der Waals surface area contributed by atoms with Crippen LogP contribution in [0.3, 0.4) is 0 Å². The molecule has 1 aliphatic carbocycles. The van der Waals surface area contributed by atoms with E-state index in [0.29, 0.717) is 17.4 Å². The standard InChI is InChI=1S/C20H23N3O.ClH/c1-13-16(8-10-19(22-13)14-5-3-2-4-6-14)20(24)23-11-15-7-9-18(21)17(15)12-23;/h2-6,8,10,15,17-18H,7,9,11-12,21H2,1H3;1H. The Kier molecular flexibility index (Phi) is 5.11. The minimum atomic E-state index is 0. The molecule has 0 radical (unpaired) electrons. The fourth-order valence-electron chi connectivity index (χ4n) is 4.20. The summed E-state index contributed by atoms with van der Waals surface area (Å²) in [5, 5.41) is 0. The molecule has 1 aromatic heterocycles. The van der Waals surface area contributed by atoms with Crippen LogP contribution < -0.4 is 5.73 Å². The number of hydrogen-bond donors (Lipinski definition) is 1. The van der Waals surface area contributed by atoms with Crippen molar-refractivity contribution in [2.24, 2.45) is 17.6 Å². The Labute approximate surface area is 154 Å². The Balaban J connectivity index is 0.00000182. The number of likely N-dealkylation sites (tertiary alicyclic amines) is 1. The molecule has 4 nitrogen and oxygen atoms in total. The number of nitrogens with zero attached hydrogens (tertiary/aromatic N) is 2. The van der Waals surface area contributed by atoms with Gasteiger partial charge >= 0.3 is 0 Å². The Hall–Kier alpha value is -1.91. The van der Waals surface area contributed by atoms with Crippen LogP contribution in [-0.2, 0) is 0 Å². The van der Waals surface area contributed by atoms with Crippen molar-refractivity contribution >= 4 is 18.3 Å². The zero-order valence-corrected chi connectivity index (χ0v) is 15.2. The second kappa shape index (κ2) is 7.14. The van der Waals surface area contributed by atoms with Crippen LogP contribution in [-0.4, -0.2) is 34.9 Å². The van der Waals surface area contributed by atoms with E-state index >= 15 is 0 Å². The summed E-state index contributed by atoms with van der Waals surface area (Å²) in [5.41, 5.74) is 9.67. The lowest BCUT2D eigenvalue weighted by Crippen LogP contribution is -2.33. The fraction of sp³-hybridized carbons (Fsp3) is 0.400. The first kappa shape index (κ1) is 17.9. The molecule has 1 saturated carbocycles. The molecule has 132 valence electrons. The van der Waals surface area contributed by atoms with Gasteiger partial charge in [-0.1, -0.05) is 30.3 Å². The van der Waals surface area contributed by atoms with E-state index in [4.69, 9.17) is 5.73 Å². The zero-order chi connectivity index (χ0) is 16.7. The maximum atomic E-state index is 12.9. The summed E-state index contributed by atoms with van der Waals surface area (Å²) in [6, 6.07) is 14.2. The van der Waals surface area contributed by atoms with Crippen LogP contribution in [0, 0.1) is 18.8 Å². The molecular weight excluding hydrogens is 334 g/mol. The number of aryl methyl sites for hydroxylation is 1. The molecule has 1 aromatic carbocycles. The summed E-state index contributed by atoms with van der Waals surface area (Å²) >= 11 is 0. The van der Waals surface area contributed by atoms with Crippen LogP contribution in [0.25, 0.3) is 11.3 Å². The largest absolute Gasteiger partial charge is 0.338 e. The maximum absolute atomic E-state index is 12.9. The van der Waals surface area contributed by atoms with Gasteiger partial charge in [-0.25, -0.2) is 0 Å². The number of carbonyl (C=O) groups is 1. The van der Waals surface area contributed by atoms with E-state index in [1.54, 1.807) is 0 Å². The number of hydrogen-bond acceptors (Lipinski definition) is 3. The summed E-state index contributed by atoms with van der Waals surface area (Å²) in [5.74, 6) is 1.16. The minimum Gasteiger partial charge on any atom is -0.338 e. The Morgan fingerprint density at radius 1 is 1.12 bits per heavy atom. The monoisotopic (exact) mass is 357 g/mol. The molecule has 2 aliphatic rings. The van der Waals surface area contributed by atoms with E-state index < -0.39 is 0 Å². The molecule has 1 saturated heterocycles. The van der Waals surface area contributed by atoms with Crippen molar-refractivity contribution in [3.8, 4) is 11.3 Å². The SMILES string of the molecule is Cc1nc(-c2ccccc2)ccc1C(=O)N1CC2CCC(N)C2C1.Cl. The van der Waals surface area contributed by atoms with Gasteiger partial charge in [0.15, 0.2) is 0 Å². The average Bonchev–Trinajstić information content (AvgIpc) is 3.17. The highest BCUT2D eigenvalue weighted by atomic mass is 35.5. The molecule has 3 unspecified atom stereocenters. The summed E-state index contributed by atoms with van der Waals surface area (Å²) in [7, 11) is 0. The lowest BCUT2D eigenvalue weighted by atomic mass is 9.98. The summed E-state index contributed by atoms with van der Waals surface area (Å²) < 4.78 is 0. The van der Waals surface area contributed by atoms with Gasteiger partial charge in [-0.2, -0.15) is 0 Å². The number of amides is 1. The summed E-state index contributed by atoms with van der Waals surface area (Å²) in [6.45, 7) is 3.56. The van der Waals surface area contributed by atoms with Crippen LogP contribution in [0.2, 0.25) is 0 Å². The lowest BCUT2D eigenvalue weighted by molar-refractivity contribution is 0.0778. The number of pyridine rings is 1. The first-order valence-electron chi connectivity index (χ1n) is 8.71. The molecule has 5 heteroatoms. The van der Waals surface area contributed by atoms with Crippen LogP contribution in [0.15, 0.2) is 42.5 Å². The third kappa shape index (κ3) is 3.29. The van der Waals surface area contributed by atoms with Gasteiger partial charge in [-0.15, -0.1) is 12.4 Å². The van der Waals surface area contributed by atoms with E-state index in [2.05, 4.69) is 4.98 Å². The Morgan fingerprint density at radius 3 is 2.56 bits per heavy atom. The molecule has 2 N–H and O–H groups in total. The van der Waals surface area contributed by atoms with Crippen molar-refractivity contribution in [3.63, 3.8) is 0 Å². The minimum absolute atomic E-state index is 0. The summed E-state index contributed by atoms with van der Waals surface area (Å²) in [4.78, 5) is 19.5. The molecule has 25 heavy (non-hydrogen) atoms. The van der Waals surface area contributed by atoms with Gasteiger partial charge in [0.1, 0.15) is 0 Å². The Bertz CT molecular complexity index is 765. The second-order valence-corrected chi connectivity index (χ2v) is 7.07. The van der Waals surface area contributed by atoms with Crippen LogP contribution in [0.1, 0.15) is 28.9 Å². The van der Waals surface area contributed by atoms with E-state index in [1.807, 2.05) is 54.3 Å². The molecule has 3 atom stereocenters. The number of halogens is 1.